The second kappa shape index (κ2) is 5.80. The van der Waals surface area contributed by atoms with Crippen molar-refractivity contribution >= 4 is 35.4 Å². The molecular weight excluding hydrogens is 372 g/mol. The van der Waals surface area contributed by atoms with E-state index in [1.165, 1.54) is 0 Å². The molecule has 4 aliphatic rings. The van der Waals surface area contributed by atoms with Crippen LogP contribution in [-0.2, 0) is 9.59 Å². The van der Waals surface area contributed by atoms with E-state index in [0.29, 0.717) is 11.1 Å². The standard InChI is InChI=1S/C26H18N2O2/c1-15-5-3-7-17-9-11-27-21(23(15)17)13-19(25(27)29)20-14-22-24-16(2)6-4-8-18(24)10-12-28(22)26(20)30/h3-14H,1-2H3. The molecule has 0 unspecified atom stereocenters. The summed E-state index contributed by atoms with van der Waals surface area (Å²) < 4.78 is 0. The highest BCUT2D eigenvalue weighted by Crippen LogP contribution is 2.42. The van der Waals surface area contributed by atoms with Gasteiger partial charge < -0.3 is 0 Å². The summed E-state index contributed by atoms with van der Waals surface area (Å²) in [6, 6.07) is 12.2. The van der Waals surface area contributed by atoms with Gasteiger partial charge in [0.2, 0.25) is 0 Å². The minimum atomic E-state index is -0.163. The number of fused-ring (bicyclic) bond motifs is 6. The van der Waals surface area contributed by atoms with E-state index < -0.39 is 0 Å². The average molecular weight is 390 g/mol. The summed E-state index contributed by atoms with van der Waals surface area (Å²) >= 11 is 0. The van der Waals surface area contributed by atoms with E-state index in [2.05, 4.69) is 0 Å². The second-order valence-electron chi connectivity index (χ2n) is 7.95. The van der Waals surface area contributed by atoms with Gasteiger partial charge >= 0.3 is 0 Å². The van der Waals surface area contributed by atoms with Crippen molar-refractivity contribution in [3.8, 4) is 0 Å². The van der Waals surface area contributed by atoms with Crippen LogP contribution in [0.5, 0.6) is 0 Å². The van der Waals surface area contributed by atoms with Gasteiger partial charge in [-0.25, -0.2) is 0 Å². The van der Waals surface area contributed by atoms with Crippen molar-refractivity contribution in [2.75, 3.05) is 0 Å². The Morgan fingerprint density at radius 2 is 1.07 bits per heavy atom. The summed E-state index contributed by atoms with van der Waals surface area (Å²) in [5.41, 5.74) is 9.02. The molecule has 0 atom stereocenters. The SMILES string of the molecule is Cc1cccc2c1C1=CC(=C3C=C4c5c(C)cccc5C=CN4C3=O)C(=O)N1C=C2. The lowest BCUT2D eigenvalue weighted by Gasteiger charge is -2.23. The molecule has 0 radical (unpaired) electrons. The first-order chi connectivity index (χ1) is 14.5. The Labute approximate surface area is 174 Å². The van der Waals surface area contributed by atoms with Crippen LogP contribution in [0, 0.1) is 13.8 Å². The predicted octanol–water partition coefficient (Wildman–Crippen LogP) is 4.64. The number of rotatable bonds is 0. The molecule has 0 aliphatic carbocycles. The number of nitrogens with zero attached hydrogens (tertiary/aromatic N) is 2. The molecular formula is C26H18N2O2. The molecule has 0 N–H and O–H groups in total. The van der Waals surface area contributed by atoms with Gasteiger partial charge in [0.05, 0.1) is 22.5 Å². The van der Waals surface area contributed by atoms with Gasteiger partial charge in [0.15, 0.2) is 0 Å². The van der Waals surface area contributed by atoms with Gasteiger partial charge in [-0.15, -0.1) is 0 Å². The van der Waals surface area contributed by atoms with Gasteiger partial charge in [-0.05, 0) is 60.4 Å². The largest absolute Gasteiger partial charge is 0.283 e. The molecule has 0 bridgehead atoms. The van der Waals surface area contributed by atoms with E-state index in [-0.39, 0.29) is 11.8 Å². The molecule has 0 aromatic heterocycles. The van der Waals surface area contributed by atoms with Crippen LogP contribution in [-0.4, -0.2) is 21.6 Å². The Hall–Kier alpha value is -3.92. The van der Waals surface area contributed by atoms with Crippen molar-refractivity contribution in [1.29, 1.82) is 0 Å². The first-order valence-corrected chi connectivity index (χ1v) is 9.96. The molecule has 4 nitrogen and oxygen atoms in total. The van der Waals surface area contributed by atoms with Crippen molar-refractivity contribution in [2.24, 2.45) is 0 Å². The van der Waals surface area contributed by atoms with Crippen LogP contribution < -0.4 is 0 Å². The maximum Gasteiger partial charge on any atom is 0.263 e. The second-order valence-corrected chi connectivity index (χ2v) is 7.95. The molecule has 4 aliphatic heterocycles. The van der Waals surface area contributed by atoms with Crippen LogP contribution in [0.3, 0.4) is 0 Å². The van der Waals surface area contributed by atoms with Crippen LogP contribution >= 0.6 is 0 Å². The van der Waals surface area contributed by atoms with Gasteiger partial charge in [-0.2, -0.15) is 0 Å². The maximum absolute atomic E-state index is 13.3. The van der Waals surface area contributed by atoms with Crippen LogP contribution in [0.2, 0.25) is 0 Å². The molecule has 144 valence electrons. The Kier molecular flexibility index (Phi) is 3.28. The molecule has 0 fully saturated rings. The summed E-state index contributed by atoms with van der Waals surface area (Å²) in [6.45, 7) is 4.08. The van der Waals surface area contributed by atoms with E-state index in [1.807, 2.05) is 74.5 Å². The maximum atomic E-state index is 13.3. The summed E-state index contributed by atoms with van der Waals surface area (Å²) in [4.78, 5) is 29.8. The van der Waals surface area contributed by atoms with Gasteiger partial charge in [-0.1, -0.05) is 36.4 Å². The molecule has 4 heterocycles. The molecule has 0 saturated heterocycles. The summed E-state index contributed by atoms with van der Waals surface area (Å²) in [6.07, 6.45) is 11.2. The number of carbonyl (C=O) groups is 2. The Balaban J connectivity index is 1.56. The van der Waals surface area contributed by atoms with Crippen LogP contribution in [0.25, 0.3) is 23.5 Å². The Morgan fingerprint density at radius 3 is 1.50 bits per heavy atom. The third-order valence-electron chi connectivity index (χ3n) is 6.20. The zero-order valence-electron chi connectivity index (χ0n) is 16.6. The van der Waals surface area contributed by atoms with E-state index in [4.69, 9.17) is 0 Å². The van der Waals surface area contributed by atoms with E-state index in [0.717, 1.165) is 44.8 Å². The highest BCUT2D eigenvalue weighted by Gasteiger charge is 2.39. The normalized spacial score (nSPS) is 20.7. The lowest BCUT2D eigenvalue weighted by Crippen LogP contribution is -2.25. The minimum Gasteiger partial charge on any atom is -0.283 e. The molecule has 0 spiro atoms. The average Bonchev–Trinajstić information content (AvgIpc) is 3.25. The third kappa shape index (κ3) is 2.10. The zero-order chi connectivity index (χ0) is 20.6. The molecule has 4 heteroatoms. The van der Waals surface area contributed by atoms with E-state index in [1.54, 1.807) is 22.2 Å². The van der Waals surface area contributed by atoms with E-state index in [9.17, 15) is 9.59 Å². The summed E-state index contributed by atoms with van der Waals surface area (Å²) in [7, 11) is 0. The fourth-order valence-corrected chi connectivity index (χ4v) is 4.75. The highest BCUT2D eigenvalue weighted by atomic mass is 16.2. The third-order valence-corrected chi connectivity index (χ3v) is 6.20. The van der Waals surface area contributed by atoms with Gasteiger partial charge in [-0.3, -0.25) is 19.4 Å². The fraction of sp³-hybridized carbons (Fsp3) is 0.0769. The number of hydrogen-bond donors (Lipinski definition) is 0. The topological polar surface area (TPSA) is 40.6 Å². The number of carbonyl (C=O) groups excluding carboxylic acids is 2. The molecule has 0 saturated carbocycles. The molecule has 2 amide bonds. The molecule has 2 aromatic rings. The van der Waals surface area contributed by atoms with Crippen LogP contribution in [0.1, 0.15) is 33.4 Å². The van der Waals surface area contributed by atoms with E-state index >= 15 is 0 Å². The zero-order valence-corrected chi connectivity index (χ0v) is 16.6. The van der Waals surface area contributed by atoms with Gasteiger partial charge in [0, 0.05) is 23.5 Å². The summed E-state index contributed by atoms with van der Waals surface area (Å²) in [5, 5.41) is 0. The van der Waals surface area contributed by atoms with Gasteiger partial charge in [0.1, 0.15) is 0 Å². The molecule has 6 rings (SSSR count). The number of benzene rings is 2. The monoisotopic (exact) mass is 390 g/mol. The van der Waals surface area contributed by atoms with Crippen molar-refractivity contribution in [2.45, 2.75) is 13.8 Å². The van der Waals surface area contributed by atoms with Crippen LogP contribution in [0.4, 0.5) is 0 Å². The van der Waals surface area contributed by atoms with Crippen molar-refractivity contribution < 1.29 is 9.59 Å². The number of hydrogen-bond acceptors (Lipinski definition) is 2. The van der Waals surface area contributed by atoms with Crippen molar-refractivity contribution in [3.05, 3.63) is 105 Å². The van der Waals surface area contributed by atoms with Gasteiger partial charge in [0.25, 0.3) is 11.8 Å². The smallest absolute Gasteiger partial charge is 0.263 e. The van der Waals surface area contributed by atoms with Crippen molar-refractivity contribution in [1.82, 2.24) is 9.80 Å². The quantitative estimate of drug-likeness (QED) is 0.615. The number of amides is 2. The van der Waals surface area contributed by atoms with Crippen LogP contribution in [0.15, 0.2) is 72.1 Å². The summed E-state index contributed by atoms with van der Waals surface area (Å²) in [5.74, 6) is -0.326. The first kappa shape index (κ1) is 17.0. The lowest BCUT2D eigenvalue weighted by atomic mass is 9.96. The molecule has 30 heavy (non-hydrogen) atoms. The fourth-order valence-electron chi connectivity index (χ4n) is 4.75. The predicted molar refractivity (Wildman–Crippen MR) is 117 cm³/mol. The Bertz CT molecular complexity index is 1250. The number of aryl methyl sites for hydroxylation is 2. The molecule has 2 aromatic carbocycles. The lowest BCUT2D eigenvalue weighted by molar-refractivity contribution is -0.123. The first-order valence-electron chi connectivity index (χ1n) is 9.96. The van der Waals surface area contributed by atoms with Crippen molar-refractivity contribution in [3.63, 3.8) is 0 Å². The highest BCUT2D eigenvalue weighted by molar-refractivity contribution is 6.20. The Morgan fingerprint density at radius 1 is 0.633 bits per heavy atom. The minimum absolute atomic E-state index is 0.163.